The Hall–Kier alpha value is -1.78. The number of benzene rings is 1. The van der Waals surface area contributed by atoms with Crippen LogP contribution in [-0.4, -0.2) is 31.8 Å². The van der Waals surface area contributed by atoms with Crippen LogP contribution >= 0.6 is 11.6 Å². The maximum Gasteiger partial charge on any atom is 0.226 e. The third kappa shape index (κ3) is 7.11. The zero-order valence-corrected chi connectivity index (χ0v) is 20.9. The van der Waals surface area contributed by atoms with E-state index in [-0.39, 0.29) is 17.6 Å². The van der Waals surface area contributed by atoms with Gasteiger partial charge in [-0.05, 0) is 63.6 Å². The summed E-state index contributed by atoms with van der Waals surface area (Å²) in [4.78, 5) is 14.4. The van der Waals surface area contributed by atoms with Gasteiger partial charge in [0.15, 0.2) is 0 Å². The lowest BCUT2D eigenvalue weighted by molar-refractivity contribution is -0.118. The molecule has 1 fully saturated rings. The van der Waals surface area contributed by atoms with Gasteiger partial charge in [-0.15, -0.1) is 0 Å². The fraction of sp³-hybridized carbons (Fsp3) is 0.577. The summed E-state index contributed by atoms with van der Waals surface area (Å²) in [5, 5.41) is 0.458. The summed E-state index contributed by atoms with van der Waals surface area (Å²) in [6.07, 6.45) is 10.9. The lowest BCUT2D eigenvalue weighted by Crippen LogP contribution is -2.28. The predicted octanol–water partition coefficient (Wildman–Crippen LogP) is 6.75. The molecular weight excluding hydrogens is 410 g/mol. The van der Waals surface area contributed by atoms with Gasteiger partial charge in [-0.1, -0.05) is 55.7 Å². The monoisotopic (exact) mass is 447 g/mol. The van der Waals surface area contributed by atoms with E-state index in [1.54, 1.807) is 19.1 Å². The molecule has 0 radical (unpaired) electrons. The van der Waals surface area contributed by atoms with Gasteiger partial charge in [-0.3, -0.25) is 4.79 Å². The molecule has 1 amide bonds. The number of halogens is 1. The molecule has 31 heavy (non-hydrogen) atoms. The Labute approximate surface area is 193 Å². The molecule has 1 unspecified atom stereocenters. The molecule has 0 aliphatic carbocycles. The van der Waals surface area contributed by atoms with Gasteiger partial charge in [0.2, 0.25) is 5.91 Å². The van der Waals surface area contributed by atoms with Crippen molar-refractivity contribution >= 4 is 23.2 Å². The van der Waals surface area contributed by atoms with Gasteiger partial charge < -0.3 is 14.4 Å². The molecule has 3 atom stereocenters. The van der Waals surface area contributed by atoms with Crippen LogP contribution in [0, 0.1) is 5.92 Å². The van der Waals surface area contributed by atoms with Crippen LogP contribution in [0.1, 0.15) is 65.9 Å². The van der Waals surface area contributed by atoms with Gasteiger partial charge in [-0.2, -0.15) is 0 Å². The Morgan fingerprint density at radius 2 is 2.10 bits per heavy atom. The van der Waals surface area contributed by atoms with E-state index in [0.29, 0.717) is 35.2 Å². The Morgan fingerprint density at radius 1 is 1.42 bits per heavy atom. The molecular formula is C26H38ClNO3. The zero-order valence-electron chi connectivity index (χ0n) is 20.1. The molecule has 0 saturated carbocycles. The number of amides is 1. The molecule has 4 nitrogen and oxygen atoms in total. The van der Waals surface area contributed by atoms with Gasteiger partial charge in [0, 0.05) is 13.5 Å². The summed E-state index contributed by atoms with van der Waals surface area (Å²) < 4.78 is 11.1. The number of hydrogen-bond acceptors (Lipinski definition) is 3. The van der Waals surface area contributed by atoms with Crippen LogP contribution in [0.4, 0.5) is 5.69 Å². The van der Waals surface area contributed by atoms with E-state index in [4.69, 9.17) is 21.1 Å². The molecule has 0 bridgehead atoms. The topological polar surface area (TPSA) is 42.1 Å². The van der Waals surface area contributed by atoms with Crippen molar-refractivity contribution in [2.45, 2.75) is 78.4 Å². The predicted molar refractivity (Wildman–Crippen MR) is 130 cm³/mol. The van der Waals surface area contributed by atoms with E-state index >= 15 is 0 Å². The van der Waals surface area contributed by atoms with Crippen LogP contribution in [-0.2, 0) is 16.0 Å². The first-order chi connectivity index (χ1) is 14.6. The minimum Gasteiger partial charge on any atom is -0.495 e. The standard InChI is InChI=1S/C26H38ClNO3/c1-8-18(2)11-9-10-12-19(3)15-21-16-22(25(27)23(17-21)30-7)28(6)24(29)13-14-26(5)20(4)31-26/h9-10,12,16-18,20H,8,11,13-15H2,1-7H3/b10-9+,19-12+/t18?,20-,26-/m0/s1. The lowest BCUT2D eigenvalue weighted by Gasteiger charge is -2.22. The van der Waals surface area contributed by atoms with Gasteiger partial charge in [0.05, 0.1) is 24.5 Å². The highest BCUT2D eigenvalue weighted by molar-refractivity contribution is 6.35. The van der Waals surface area contributed by atoms with Crippen molar-refractivity contribution in [3.63, 3.8) is 0 Å². The number of allylic oxidation sites excluding steroid dienone is 4. The molecule has 0 spiro atoms. The van der Waals surface area contributed by atoms with Gasteiger partial charge in [0.1, 0.15) is 10.8 Å². The summed E-state index contributed by atoms with van der Waals surface area (Å²) in [5.74, 6) is 1.31. The Balaban J connectivity index is 2.11. The third-order valence-corrected chi connectivity index (χ3v) is 6.73. The Morgan fingerprint density at radius 3 is 2.68 bits per heavy atom. The van der Waals surface area contributed by atoms with Gasteiger partial charge in [-0.25, -0.2) is 0 Å². The van der Waals surface area contributed by atoms with Crippen LogP contribution < -0.4 is 9.64 Å². The second-order valence-corrected chi connectivity index (χ2v) is 9.40. The minimum atomic E-state index is -0.176. The molecule has 1 aliphatic heterocycles. The number of epoxide rings is 1. The first kappa shape index (κ1) is 25.5. The third-order valence-electron chi connectivity index (χ3n) is 6.35. The molecule has 5 heteroatoms. The number of nitrogens with zero attached hydrogens (tertiary/aromatic N) is 1. The SMILES string of the molecule is CCC(C)C/C=C/C=C(\C)Cc1cc(OC)c(Cl)c(N(C)C(=O)CC[C@]2(C)O[C@H]2C)c1. The summed E-state index contributed by atoms with van der Waals surface area (Å²) in [6.45, 7) is 10.7. The number of methoxy groups -OCH3 is 1. The quantitative estimate of drug-likeness (QED) is 0.278. The summed E-state index contributed by atoms with van der Waals surface area (Å²) in [5.41, 5.74) is 2.80. The first-order valence-corrected chi connectivity index (χ1v) is 11.6. The minimum absolute atomic E-state index is 0.0188. The molecule has 0 aromatic heterocycles. The fourth-order valence-corrected chi connectivity index (χ4v) is 3.83. The molecule has 0 N–H and O–H groups in total. The zero-order chi connectivity index (χ0) is 23.2. The average molecular weight is 448 g/mol. The average Bonchev–Trinajstić information content (AvgIpc) is 3.35. The highest BCUT2D eigenvalue weighted by atomic mass is 35.5. The van der Waals surface area contributed by atoms with Crippen molar-refractivity contribution in [2.75, 3.05) is 19.1 Å². The van der Waals surface area contributed by atoms with Crippen LogP contribution in [0.3, 0.4) is 0 Å². The van der Waals surface area contributed by atoms with E-state index in [1.807, 2.05) is 26.0 Å². The van der Waals surface area contributed by atoms with E-state index in [9.17, 15) is 4.79 Å². The fourth-order valence-electron chi connectivity index (χ4n) is 3.51. The summed E-state index contributed by atoms with van der Waals surface area (Å²) in [6, 6.07) is 3.94. The number of carbonyl (C=O) groups excluding carboxylic acids is 1. The molecule has 1 aliphatic rings. The second kappa shape index (κ2) is 11.2. The normalized spacial score (nSPS) is 21.9. The number of rotatable bonds is 11. The van der Waals surface area contributed by atoms with Crippen LogP contribution in [0.5, 0.6) is 5.75 Å². The molecule has 1 aromatic carbocycles. The van der Waals surface area contributed by atoms with Crippen molar-refractivity contribution in [1.82, 2.24) is 0 Å². The van der Waals surface area contributed by atoms with E-state index < -0.39 is 0 Å². The van der Waals surface area contributed by atoms with Crippen molar-refractivity contribution in [1.29, 1.82) is 0 Å². The van der Waals surface area contributed by atoms with Crippen LogP contribution in [0.2, 0.25) is 5.02 Å². The molecule has 2 rings (SSSR count). The van der Waals surface area contributed by atoms with E-state index in [1.165, 1.54) is 12.0 Å². The summed E-state index contributed by atoms with van der Waals surface area (Å²) in [7, 11) is 3.37. The molecule has 1 aromatic rings. The van der Waals surface area contributed by atoms with Crippen molar-refractivity contribution in [2.24, 2.45) is 5.92 Å². The van der Waals surface area contributed by atoms with E-state index in [2.05, 4.69) is 39.0 Å². The summed E-state index contributed by atoms with van der Waals surface area (Å²) >= 11 is 6.56. The first-order valence-electron chi connectivity index (χ1n) is 11.2. The van der Waals surface area contributed by atoms with Gasteiger partial charge in [0.25, 0.3) is 0 Å². The smallest absolute Gasteiger partial charge is 0.226 e. The largest absolute Gasteiger partial charge is 0.495 e. The van der Waals surface area contributed by atoms with Crippen LogP contribution in [0.15, 0.2) is 35.9 Å². The molecule has 1 saturated heterocycles. The molecule has 172 valence electrons. The number of carbonyl (C=O) groups is 1. The highest BCUT2D eigenvalue weighted by Crippen LogP contribution is 2.41. The van der Waals surface area contributed by atoms with Gasteiger partial charge >= 0.3 is 0 Å². The lowest BCUT2D eigenvalue weighted by atomic mass is 10.0. The number of anilines is 1. The Bertz CT molecular complexity index is 832. The second-order valence-electron chi connectivity index (χ2n) is 9.02. The maximum atomic E-state index is 12.8. The Kier molecular flexibility index (Phi) is 9.20. The number of hydrogen-bond donors (Lipinski definition) is 0. The van der Waals surface area contributed by atoms with Crippen molar-refractivity contribution in [3.05, 3.63) is 46.5 Å². The van der Waals surface area contributed by atoms with Crippen molar-refractivity contribution < 1.29 is 14.3 Å². The maximum absolute atomic E-state index is 12.8. The van der Waals surface area contributed by atoms with E-state index in [0.717, 1.165) is 18.4 Å². The number of ether oxygens (including phenoxy) is 2. The molecule has 1 heterocycles. The van der Waals surface area contributed by atoms with Crippen LogP contribution in [0.25, 0.3) is 0 Å². The van der Waals surface area contributed by atoms with Crippen molar-refractivity contribution in [3.8, 4) is 5.75 Å². The highest BCUT2D eigenvalue weighted by Gasteiger charge is 2.48.